The van der Waals surface area contributed by atoms with Crippen molar-refractivity contribution in [2.24, 2.45) is 13.0 Å². The van der Waals surface area contributed by atoms with E-state index in [4.69, 9.17) is 9.94 Å². The van der Waals surface area contributed by atoms with Crippen molar-refractivity contribution >= 4 is 22.7 Å². The number of amides is 2. The molecule has 1 aliphatic heterocycles. The van der Waals surface area contributed by atoms with Crippen LogP contribution in [0.5, 0.6) is 5.75 Å². The van der Waals surface area contributed by atoms with Gasteiger partial charge >= 0.3 is 0 Å². The van der Waals surface area contributed by atoms with Crippen LogP contribution in [0.4, 0.5) is 0 Å². The first-order valence-corrected chi connectivity index (χ1v) is 9.79. The van der Waals surface area contributed by atoms with E-state index in [1.165, 1.54) is 5.57 Å². The maximum Gasteiger partial charge on any atom is 0.274 e. The molecule has 1 aliphatic carbocycles. The summed E-state index contributed by atoms with van der Waals surface area (Å²) in [7, 11) is 3.54. The minimum Gasteiger partial charge on any atom is -0.497 e. The van der Waals surface area contributed by atoms with Crippen molar-refractivity contribution in [3.8, 4) is 5.75 Å². The quantitative estimate of drug-likeness (QED) is 0.618. The first-order chi connectivity index (χ1) is 14.0. The summed E-state index contributed by atoms with van der Waals surface area (Å²) >= 11 is 0. The van der Waals surface area contributed by atoms with Crippen molar-refractivity contribution in [2.75, 3.05) is 20.2 Å². The average Bonchev–Trinajstić information content (AvgIpc) is 2.94. The average molecular weight is 395 g/mol. The van der Waals surface area contributed by atoms with Crippen molar-refractivity contribution in [3.63, 3.8) is 0 Å². The van der Waals surface area contributed by atoms with Crippen LogP contribution >= 0.6 is 0 Å². The summed E-state index contributed by atoms with van der Waals surface area (Å²) in [6, 6.07) is 7.72. The molecule has 1 unspecified atom stereocenters. The number of hydrogen-bond donors (Lipinski definition) is 2. The van der Waals surface area contributed by atoms with Gasteiger partial charge in [0.05, 0.1) is 7.11 Å². The number of nitrogens with one attached hydrogen (secondary N) is 1. The van der Waals surface area contributed by atoms with Crippen molar-refractivity contribution in [1.29, 1.82) is 0 Å². The molecule has 1 aromatic carbocycles. The molecule has 7 heteroatoms. The number of likely N-dealkylation sites (tertiary alicyclic amines) is 1. The third-order valence-electron chi connectivity index (χ3n) is 6.03. The van der Waals surface area contributed by atoms with Crippen LogP contribution in [0.3, 0.4) is 0 Å². The number of aryl methyl sites for hydroxylation is 1. The fourth-order valence-electron chi connectivity index (χ4n) is 4.31. The molecule has 29 heavy (non-hydrogen) atoms. The number of fused-ring (bicyclic) bond motifs is 2. The molecule has 4 rings (SSSR count). The number of hydroxylamine groups is 1. The van der Waals surface area contributed by atoms with Crippen LogP contribution in [0.25, 0.3) is 10.9 Å². The van der Waals surface area contributed by atoms with E-state index in [0.29, 0.717) is 30.3 Å². The van der Waals surface area contributed by atoms with Gasteiger partial charge in [0.15, 0.2) is 0 Å². The standard InChI is InChI=1S/C22H25N3O4/c1-24-19-6-5-18(29-2)12-17(19)13-20(24)22(27)25-9-7-14-3-4-16(21(26)23-28)11-15(14)8-10-25/h4-6,11-14,28H,3,7-10H2,1-2H3,(H,23,26). The lowest BCUT2D eigenvalue weighted by molar-refractivity contribution is -0.125. The molecule has 2 N–H and O–H groups in total. The second kappa shape index (κ2) is 7.75. The molecule has 152 valence electrons. The Morgan fingerprint density at radius 1 is 1.24 bits per heavy atom. The van der Waals surface area contributed by atoms with Crippen LogP contribution < -0.4 is 10.2 Å². The van der Waals surface area contributed by atoms with Gasteiger partial charge in [-0.25, -0.2) is 5.48 Å². The van der Waals surface area contributed by atoms with Crippen LogP contribution in [0.2, 0.25) is 0 Å². The summed E-state index contributed by atoms with van der Waals surface area (Å²) in [6.45, 7) is 1.29. The highest BCUT2D eigenvalue weighted by Crippen LogP contribution is 2.33. The van der Waals surface area contributed by atoms with Gasteiger partial charge in [0.1, 0.15) is 11.4 Å². The van der Waals surface area contributed by atoms with Crippen LogP contribution in [0.1, 0.15) is 29.8 Å². The molecule has 0 radical (unpaired) electrons. The number of hydrogen-bond acceptors (Lipinski definition) is 4. The Bertz CT molecular complexity index is 1030. The predicted molar refractivity (Wildman–Crippen MR) is 109 cm³/mol. The Labute approximate surface area is 169 Å². The van der Waals surface area contributed by atoms with Crippen LogP contribution in [-0.4, -0.2) is 46.7 Å². The number of rotatable bonds is 3. The van der Waals surface area contributed by atoms with Gasteiger partial charge in [0, 0.05) is 36.6 Å². The van der Waals surface area contributed by atoms with Crippen LogP contribution in [0, 0.1) is 5.92 Å². The van der Waals surface area contributed by atoms with Gasteiger partial charge in [-0.1, -0.05) is 17.7 Å². The summed E-state index contributed by atoms with van der Waals surface area (Å²) in [5.74, 6) is 0.630. The zero-order valence-corrected chi connectivity index (χ0v) is 16.6. The largest absolute Gasteiger partial charge is 0.497 e. The number of aromatic nitrogens is 1. The Hall–Kier alpha value is -3.06. The minimum absolute atomic E-state index is 0.0168. The van der Waals surface area contributed by atoms with E-state index in [0.717, 1.165) is 35.9 Å². The molecule has 1 fully saturated rings. The first-order valence-electron chi connectivity index (χ1n) is 9.79. The van der Waals surface area contributed by atoms with E-state index >= 15 is 0 Å². The summed E-state index contributed by atoms with van der Waals surface area (Å²) < 4.78 is 7.22. The smallest absolute Gasteiger partial charge is 0.274 e. The molecule has 0 bridgehead atoms. The van der Waals surface area contributed by atoms with Crippen molar-refractivity contribution in [3.05, 3.63) is 53.3 Å². The number of carbonyl (C=O) groups excluding carboxylic acids is 2. The van der Waals surface area contributed by atoms with Gasteiger partial charge in [0.2, 0.25) is 0 Å². The molecule has 2 aliphatic rings. The lowest BCUT2D eigenvalue weighted by atomic mass is 9.85. The van der Waals surface area contributed by atoms with Crippen molar-refractivity contribution < 1.29 is 19.5 Å². The Morgan fingerprint density at radius 3 is 2.83 bits per heavy atom. The lowest BCUT2D eigenvalue weighted by Gasteiger charge is -2.21. The highest BCUT2D eigenvalue weighted by molar-refractivity contribution is 5.99. The number of allylic oxidation sites excluding steroid dienone is 1. The van der Waals surface area contributed by atoms with Gasteiger partial charge < -0.3 is 14.2 Å². The summed E-state index contributed by atoms with van der Waals surface area (Å²) in [4.78, 5) is 26.9. The van der Waals surface area contributed by atoms with Gasteiger partial charge in [-0.05, 0) is 49.4 Å². The van der Waals surface area contributed by atoms with Gasteiger partial charge in [-0.3, -0.25) is 14.8 Å². The molecule has 2 heterocycles. The topological polar surface area (TPSA) is 83.8 Å². The maximum absolute atomic E-state index is 13.3. The fraction of sp³-hybridized carbons (Fsp3) is 0.364. The molecule has 2 aromatic rings. The van der Waals surface area contributed by atoms with Gasteiger partial charge in [-0.2, -0.15) is 0 Å². The SMILES string of the molecule is COc1ccc2c(c1)cc(C(=O)N1CCC3=CC(C(=O)NO)=CCC3CC1)n2C. The van der Waals surface area contributed by atoms with E-state index in [2.05, 4.69) is 0 Å². The molecule has 1 aromatic heterocycles. The van der Waals surface area contributed by atoms with Crippen LogP contribution in [0.15, 0.2) is 47.6 Å². The molecule has 1 saturated heterocycles. The van der Waals surface area contributed by atoms with E-state index in [9.17, 15) is 9.59 Å². The number of nitrogens with zero attached hydrogens (tertiary/aromatic N) is 2. The Kier molecular flexibility index (Phi) is 5.15. The summed E-state index contributed by atoms with van der Waals surface area (Å²) in [5.41, 5.74) is 5.00. The second-order valence-corrected chi connectivity index (χ2v) is 7.60. The van der Waals surface area contributed by atoms with Gasteiger partial charge in [-0.15, -0.1) is 0 Å². The second-order valence-electron chi connectivity index (χ2n) is 7.60. The summed E-state index contributed by atoms with van der Waals surface area (Å²) in [6.07, 6.45) is 6.06. The normalized spacial score (nSPS) is 19.1. The highest BCUT2D eigenvalue weighted by Gasteiger charge is 2.28. The maximum atomic E-state index is 13.3. The molecule has 7 nitrogen and oxygen atoms in total. The zero-order chi connectivity index (χ0) is 20.5. The van der Waals surface area contributed by atoms with E-state index in [1.807, 2.05) is 52.9 Å². The predicted octanol–water partition coefficient (Wildman–Crippen LogP) is 2.80. The van der Waals surface area contributed by atoms with Crippen molar-refractivity contribution in [1.82, 2.24) is 14.9 Å². The van der Waals surface area contributed by atoms with Crippen LogP contribution in [-0.2, 0) is 11.8 Å². The summed E-state index contributed by atoms with van der Waals surface area (Å²) in [5, 5.41) is 9.84. The van der Waals surface area contributed by atoms with Crippen molar-refractivity contribution in [2.45, 2.75) is 19.3 Å². The number of ether oxygens (including phenoxy) is 1. The Balaban J connectivity index is 1.55. The number of benzene rings is 1. The van der Waals surface area contributed by atoms with E-state index < -0.39 is 5.91 Å². The minimum atomic E-state index is -0.487. The highest BCUT2D eigenvalue weighted by atomic mass is 16.5. The molecule has 0 spiro atoms. The number of carbonyl (C=O) groups is 2. The third-order valence-corrected chi connectivity index (χ3v) is 6.03. The Morgan fingerprint density at radius 2 is 2.07 bits per heavy atom. The number of methoxy groups -OCH3 is 1. The first kappa shape index (κ1) is 19.3. The molecular weight excluding hydrogens is 370 g/mol. The van der Waals surface area contributed by atoms with E-state index in [-0.39, 0.29) is 5.91 Å². The lowest BCUT2D eigenvalue weighted by Crippen LogP contribution is -2.33. The molecule has 0 saturated carbocycles. The van der Waals surface area contributed by atoms with E-state index in [1.54, 1.807) is 12.6 Å². The molecule has 2 amide bonds. The third kappa shape index (κ3) is 3.53. The zero-order valence-electron chi connectivity index (χ0n) is 16.6. The molecular formula is C22H25N3O4. The fourth-order valence-corrected chi connectivity index (χ4v) is 4.31. The van der Waals surface area contributed by atoms with Gasteiger partial charge in [0.25, 0.3) is 11.8 Å². The monoisotopic (exact) mass is 395 g/mol. The molecule has 1 atom stereocenters.